The molecule has 0 aromatic carbocycles. The number of furan rings is 1. The fraction of sp³-hybridized carbons (Fsp3) is 0.357. The Morgan fingerprint density at radius 3 is 2.92 bits per heavy atom. The second kappa shape index (κ2) is 5.48. The predicted octanol–water partition coefficient (Wildman–Crippen LogP) is 2.31. The normalized spacial score (nSPS) is 19.1. The lowest BCUT2D eigenvalue weighted by Crippen LogP contribution is -2.39. The zero-order valence-corrected chi connectivity index (χ0v) is 12.3. The van der Waals surface area contributed by atoms with Crippen molar-refractivity contribution in [1.29, 1.82) is 0 Å². The quantitative estimate of drug-likeness (QED) is 0.714. The third-order valence-corrected chi connectivity index (χ3v) is 3.77. The van der Waals surface area contributed by atoms with E-state index in [4.69, 9.17) is 9.15 Å². The molecule has 1 atom stereocenters. The topological polar surface area (TPSA) is 68.7 Å². The van der Waals surface area contributed by atoms with Gasteiger partial charge in [-0.2, -0.15) is 27.8 Å². The average molecular weight is 339 g/mol. The summed E-state index contributed by atoms with van der Waals surface area (Å²) in [5.74, 6) is 0.796. The van der Waals surface area contributed by atoms with Crippen LogP contribution >= 0.6 is 0 Å². The summed E-state index contributed by atoms with van der Waals surface area (Å²) in [6.45, 7) is 1.11. The van der Waals surface area contributed by atoms with Crippen LogP contribution in [0.15, 0.2) is 35.2 Å². The van der Waals surface area contributed by atoms with Crippen LogP contribution in [0.25, 0.3) is 5.78 Å². The maximum absolute atomic E-state index is 13.1. The van der Waals surface area contributed by atoms with Gasteiger partial charge in [0.05, 0.1) is 19.4 Å². The third kappa shape index (κ3) is 2.58. The highest BCUT2D eigenvalue weighted by Gasteiger charge is 2.35. The van der Waals surface area contributed by atoms with Crippen LogP contribution in [0.5, 0.6) is 0 Å². The van der Waals surface area contributed by atoms with Gasteiger partial charge in [0, 0.05) is 12.6 Å². The van der Waals surface area contributed by atoms with Crippen molar-refractivity contribution >= 4 is 11.6 Å². The van der Waals surface area contributed by atoms with E-state index in [-0.39, 0.29) is 17.7 Å². The Hall–Kier alpha value is -2.62. The second-order valence-corrected chi connectivity index (χ2v) is 5.29. The molecular formula is C14H12F3N5O2. The van der Waals surface area contributed by atoms with E-state index in [9.17, 15) is 13.2 Å². The number of halogens is 3. The van der Waals surface area contributed by atoms with Crippen molar-refractivity contribution < 1.29 is 22.3 Å². The number of ether oxygens (including phenoxy) is 1. The molecule has 4 rings (SSSR count). The molecule has 0 aliphatic carbocycles. The minimum absolute atomic E-state index is 0.0964. The number of hydrogen-bond acceptors (Lipinski definition) is 6. The van der Waals surface area contributed by atoms with Gasteiger partial charge in [-0.25, -0.2) is 4.98 Å². The first-order chi connectivity index (χ1) is 11.5. The Kier molecular flexibility index (Phi) is 3.41. The van der Waals surface area contributed by atoms with Crippen LogP contribution in [0.1, 0.15) is 17.6 Å². The van der Waals surface area contributed by atoms with Gasteiger partial charge in [-0.1, -0.05) is 0 Å². The number of rotatable bonds is 2. The van der Waals surface area contributed by atoms with Crippen molar-refractivity contribution in [3.05, 3.63) is 42.2 Å². The van der Waals surface area contributed by atoms with E-state index < -0.39 is 11.9 Å². The van der Waals surface area contributed by atoms with Gasteiger partial charge in [-0.3, -0.25) is 0 Å². The standard InChI is InChI=1S/C14H12F3N5O2/c15-14(16,17)11-6-12(22-13(20-11)18-8-19-22)21-3-5-24-10(7-21)9-2-1-4-23-9/h1-2,4,6,8,10H,3,5,7H2. The molecule has 0 saturated carbocycles. The maximum atomic E-state index is 13.1. The van der Waals surface area contributed by atoms with Crippen molar-refractivity contribution in [2.45, 2.75) is 12.3 Å². The SMILES string of the molecule is FC(F)(F)c1cc(N2CCOC(c3ccco3)C2)n2ncnc2n1. The fourth-order valence-corrected chi connectivity index (χ4v) is 2.67. The van der Waals surface area contributed by atoms with Crippen LogP contribution in [0, 0.1) is 0 Å². The zero-order valence-electron chi connectivity index (χ0n) is 12.3. The van der Waals surface area contributed by atoms with Crippen molar-refractivity contribution in [1.82, 2.24) is 19.6 Å². The Labute approximate surface area is 133 Å². The van der Waals surface area contributed by atoms with Crippen LogP contribution in [0.2, 0.25) is 0 Å². The minimum Gasteiger partial charge on any atom is -0.467 e. The van der Waals surface area contributed by atoms with Crippen LogP contribution in [0.4, 0.5) is 19.0 Å². The molecule has 1 unspecified atom stereocenters. The minimum atomic E-state index is -4.56. The smallest absolute Gasteiger partial charge is 0.433 e. The van der Waals surface area contributed by atoms with E-state index in [0.29, 0.717) is 25.5 Å². The molecule has 126 valence electrons. The molecule has 3 aromatic heterocycles. The molecule has 0 bridgehead atoms. The summed E-state index contributed by atoms with van der Waals surface area (Å²) in [7, 11) is 0. The Morgan fingerprint density at radius 2 is 2.17 bits per heavy atom. The summed E-state index contributed by atoms with van der Waals surface area (Å²) in [4.78, 5) is 9.06. The predicted molar refractivity (Wildman–Crippen MR) is 75.4 cm³/mol. The highest BCUT2D eigenvalue weighted by molar-refractivity contribution is 5.48. The third-order valence-electron chi connectivity index (χ3n) is 3.77. The van der Waals surface area contributed by atoms with E-state index in [1.54, 1.807) is 17.0 Å². The molecule has 0 amide bonds. The van der Waals surface area contributed by atoms with E-state index in [2.05, 4.69) is 15.1 Å². The molecule has 1 aliphatic heterocycles. The van der Waals surface area contributed by atoms with Gasteiger partial charge in [0.25, 0.3) is 5.78 Å². The number of anilines is 1. The van der Waals surface area contributed by atoms with Crippen molar-refractivity contribution in [3.8, 4) is 0 Å². The van der Waals surface area contributed by atoms with E-state index in [1.807, 2.05) is 0 Å². The molecule has 3 aromatic rings. The van der Waals surface area contributed by atoms with Gasteiger partial charge in [0.2, 0.25) is 0 Å². The summed E-state index contributed by atoms with van der Waals surface area (Å²) in [5, 5.41) is 3.97. The van der Waals surface area contributed by atoms with Crippen LogP contribution in [-0.2, 0) is 10.9 Å². The highest BCUT2D eigenvalue weighted by Crippen LogP contribution is 2.32. The molecule has 10 heteroatoms. The number of alkyl halides is 3. The summed E-state index contributed by atoms with van der Waals surface area (Å²) in [6.07, 6.45) is -2.22. The molecule has 0 spiro atoms. The molecule has 1 fully saturated rings. The molecule has 4 heterocycles. The summed E-state index contributed by atoms with van der Waals surface area (Å²) < 4.78 is 51.5. The summed E-state index contributed by atoms with van der Waals surface area (Å²) >= 11 is 0. The van der Waals surface area contributed by atoms with E-state index >= 15 is 0 Å². The Morgan fingerprint density at radius 1 is 1.29 bits per heavy atom. The van der Waals surface area contributed by atoms with Gasteiger partial charge in [0.15, 0.2) is 5.69 Å². The number of nitrogens with zero attached hydrogens (tertiary/aromatic N) is 5. The van der Waals surface area contributed by atoms with Gasteiger partial charge < -0.3 is 14.1 Å². The molecule has 24 heavy (non-hydrogen) atoms. The first-order valence-electron chi connectivity index (χ1n) is 7.20. The zero-order chi connectivity index (χ0) is 16.7. The van der Waals surface area contributed by atoms with E-state index in [1.165, 1.54) is 17.1 Å². The number of hydrogen-bond donors (Lipinski definition) is 0. The Balaban J connectivity index is 1.73. The lowest BCUT2D eigenvalue weighted by molar-refractivity contribution is -0.141. The van der Waals surface area contributed by atoms with Crippen molar-refractivity contribution in [2.24, 2.45) is 0 Å². The largest absolute Gasteiger partial charge is 0.467 e. The highest BCUT2D eigenvalue weighted by atomic mass is 19.4. The van der Waals surface area contributed by atoms with Crippen LogP contribution in [0.3, 0.4) is 0 Å². The van der Waals surface area contributed by atoms with Gasteiger partial charge in [-0.15, -0.1) is 0 Å². The molecular weight excluding hydrogens is 327 g/mol. The molecule has 7 nitrogen and oxygen atoms in total. The van der Waals surface area contributed by atoms with Crippen molar-refractivity contribution in [2.75, 3.05) is 24.6 Å². The molecule has 1 saturated heterocycles. The molecule has 0 radical (unpaired) electrons. The summed E-state index contributed by atoms with van der Waals surface area (Å²) in [6, 6.07) is 4.49. The fourth-order valence-electron chi connectivity index (χ4n) is 2.67. The first-order valence-corrected chi connectivity index (χ1v) is 7.20. The number of morpholine rings is 1. The summed E-state index contributed by atoms with van der Waals surface area (Å²) in [5.41, 5.74) is -1.00. The first kappa shape index (κ1) is 14.9. The Bertz CT molecular complexity index is 846. The van der Waals surface area contributed by atoms with E-state index in [0.717, 1.165) is 6.07 Å². The molecule has 1 aliphatic rings. The lowest BCUT2D eigenvalue weighted by atomic mass is 10.2. The number of aromatic nitrogens is 4. The lowest BCUT2D eigenvalue weighted by Gasteiger charge is -2.33. The van der Waals surface area contributed by atoms with Gasteiger partial charge in [-0.05, 0) is 12.1 Å². The number of fused-ring (bicyclic) bond motifs is 1. The van der Waals surface area contributed by atoms with Gasteiger partial charge >= 0.3 is 6.18 Å². The second-order valence-electron chi connectivity index (χ2n) is 5.29. The average Bonchev–Trinajstić information content (AvgIpc) is 3.24. The maximum Gasteiger partial charge on any atom is 0.433 e. The van der Waals surface area contributed by atoms with Crippen LogP contribution in [-0.4, -0.2) is 39.3 Å². The van der Waals surface area contributed by atoms with Crippen LogP contribution < -0.4 is 4.90 Å². The van der Waals surface area contributed by atoms with Gasteiger partial charge in [0.1, 0.15) is 24.0 Å². The molecule has 0 N–H and O–H groups in total. The monoisotopic (exact) mass is 339 g/mol. The van der Waals surface area contributed by atoms with Crippen molar-refractivity contribution in [3.63, 3.8) is 0 Å².